The number of carbonyl (C=O) groups excluding carboxylic acids is 1. The first kappa shape index (κ1) is 19.4. The van der Waals surface area contributed by atoms with E-state index in [2.05, 4.69) is 20.6 Å². The summed E-state index contributed by atoms with van der Waals surface area (Å²) in [6.45, 7) is 3.75. The van der Waals surface area contributed by atoms with E-state index in [1.807, 2.05) is 30.3 Å². The molecule has 0 saturated heterocycles. The van der Waals surface area contributed by atoms with Crippen LogP contribution in [0, 0.1) is 25.5 Å². The Hall–Kier alpha value is -3.88. The maximum Gasteiger partial charge on any atom is 0.278 e. The molecule has 1 amide bonds. The van der Waals surface area contributed by atoms with E-state index in [4.69, 9.17) is 4.42 Å². The van der Waals surface area contributed by atoms with Gasteiger partial charge in [-0.1, -0.05) is 23.4 Å². The molecule has 9 heteroatoms. The highest BCUT2D eigenvalue weighted by Crippen LogP contribution is 2.22. The summed E-state index contributed by atoms with van der Waals surface area (Å²) in [5.74, 6) is -1.49. The number of aryl methyl sites for hydroxylation is 1. The van der Waals surface area contributed by atoms with Crippen molar-refractivity contribution in [3.05, 3.63) is 83.0 Å². The Morgan fingerprint density at radius 2 is 1.87 bits per heavy atom. The van der Waals surface area contributed by atoms with Gasteiger partial charge in [0, 0.05) is 17.3 Å². The van der Waals surface area contributed by atoms with Gasteiger partial charge in [-0.25, -0.2) is 18.4 Å². The SMILES string of the molecule is Cc1oc(-c2ccccc2)nc1Cn1nnc(C(=O)Nc2ccc(F)c(F)c2)c1C. The lowest BCUT2D eigenvalue weighted by atomic mass is 10.2. The Kier molecular flexibility index (Phi) is 5.09. The van der Waals surface area contributed by atoms with Crippen molar-refractivity contribution in [3.8, 4) is 11.5 Å². The first-order valence-electron chi connectivity index (χ1n) is 9.10. The number of rotatable bonds is 5. The number of anilines is 1. The monoisotopic (exact) mass is 409 g/mol. The number of aromatic nitrogens is 4. The largest absolute Gasteiger partial charge is 0.441 e. The Labute approximate surface area is 170 Å². The van der Waals surface area contributed by atoms with Gasteiger partial charge in [-0.05, 0) is 38.1 Å². The van der Waals surface area contributed by atoms with E-state index in [9.17, 15) is 13.6 Å². The average molecular weight is 409 g/mol. The van der Waals surface area contributed by atoms with Crippen molar-refractivity contribution in [2.24, 2.45) is 0 Å². The number of hydrogen-bond acceptors (Lipinski definition) is 5. The molecule has 2 heterocycles. The van der Waals surface area contributed by atoms with Crippen LogP contribution in [-0.4, -0.2) is 25.9 Å². The van der Waals surface area contributed by atoms with E-state index in [0.717, 1.165) is 17.7 Å². The second-order valence-electron chi connectivity index (χ2n) is 6.65. The fourth-order valence-corrected chi connectivity index (χ4v) is 2.91. The van der Waals surface area contributed by atoms with Crippen molar-refractivity contribution in [2.45, 2.75) is 20.4 Å². The molecule has 4 rings (SSSR count). The minimum Gasteiger partial charge on any atom is -0.441 e. The summed E-state index contributed by atoms with van der Waals surface area (Å²) in [5, 5.41) is 10.4. The number of halogens is 2. The van der Waals surface area contributed by atoms with Crippen molar-refractivity contribution in [2.75, 3.05) is 5.32 Å². The molecule has 0 aliphatic heterocycles. The van der Waals surface area contributed by atoms with Crippen LogP contribution in [0.5, 0.6) is 0 Å². The maximum absolute atomic E-state index is 13.3. The topological polar surface area (TPSA) is 85.8 Å². The summed E-state index contributed by atoms with van der Waals surface area (Å²) in [6.07, 6.45) is 0. The molecule has 0 aliphatic carbocycles. The lowest BCUT2D eigenvalue weighted by Crippen LogP contribution is -2.15. The predicted molar refractivity (Wildman–Crippen MR) is 105 cm³/mol. The van der Waals surface area contributed by atoms with Crippen molar-refractivity contribution in [3.63, 3.8) is 0 Å². The molecule has 2 aromatic carbocycles. The van der Waals surface area contributed by atoms with Gasteiger partial charge in [0.15, 0.2) is 17.3 Å². The van der Waals surface area contributed by atoms with E-state index >= 15 is 0 Å². The van der Waals surface area contributed by atoms with Crippen LogP contribution in [0.2, 0.25) is 0 Å². The van der Waals surface area contributed by atoms with Crippen molar-refractivity contribution in [1.82, 2.24) is 20.0 Å². The van der Waals surface area contributed by atoms with Crippen molar-refractivity contribution < 1.29 is 18.0 Å². The molecule has 0 saturated carbocycles. The lowest BCUT2D eigenvalue weighted by Gasteiger charge is -2.05. The van der Waals surface area contributed by atoms with Gasteiger partial charge in [-0.2, -0.15) is 0 Å². The number of oxazole rings is 1. The third-order valence-corrected chi connectivity index (χ3v) is 4.59. The smallest absolute Gasteiger partial charge is 0.278 e. The van der Waals surface area contributed by atoms with Crippen LogP contribution in [0.3, 0.4) is 0 Å². The van der Waals surface area contributed by atoms with E-state index in [1.54, 1.807) is 13.8 Å². The van der Waals surface area contributed by atoms with Crippen molar-refractivity contribution >= 4 is 11.6 Å². The van der Waals surface area contributed by atoms with Crippen LogP contribution < -0.4 is 5.32 Å². The van der Waals surface area contributed by atoms with Gasteiger partial charge in [0.25, 0.3) is 5.91 Å². The summed E-state index contributed by atoms with van der Waals surface area (Å²) < 4.78 is 33.7. The van der Waals surface area contributed by atoms with Crippen LogP contribution in [0.25, 0.3) is 11.5 Å². The minimum atomic E-state index is -1.05. The molecule has 2 aromatic heterocycles. The zero-order valence-corrected chi connectivity index (χ0v) is 16.2. The first-order chi connectivity index (χ1) is 14.4. The van der Waals surface area contributed by atoms with Crippen molar-refractivity contribution in [1.29, 1.82) is 0 Å². The zero-order chi connectivity index (χ0) is 21.3. The molecular weight excluding hydrogens is 392 g/mol. The molecule has 0 unspecified atom stereocenters. The molecular formula is C21H17F2N5O2. The Balaban J connectivity index is 1.53. The van der Waals surface area contributed by atoms with E-state index in [-0.39, 0.29) is 17.9 Å². The fourth-order valence-electron chi connectivity index (χ4n) is 2.91. The van der Waals surface area contributed by atoms with Crippen LogP contribution in [-0.2, 0) is 6.54 Å². The molecule has 1 N–H and O–H groups in total. The normalized spacial score (nSPS) is 10.9. The maximum atomic E-state index is 13.3. The summed E-state index contributed by atoms with van der Waals surface area (Å²) >= 11 is 0. The molecule has 0 spiro atoms. The molecule has 0 aliphatic rings. The molecule has 4 aromatic rings. The number of amides is 1. The van der Waals surface area contributed by atoms with Crippen LogP contribution in [0.1, 0.15) is 27.6 Å². The molecule has 0 atom stereocenters. The van der Waals surface area contributed by atoms with E-state index in [0.29, 0.717) is 23.0 Å². The summed E-state index contributed by atoms with van der Waals surface area (Å²) in [7, 11) is 0. The van der Waals surface area contributed by atoms with Gasteiger partial charge in [-0.3, -0.25) is 4.79 Å². The standard InChI is InChI=1S/C21H17F2N5O2/c1-12-19(20(29)24-15-8-9-16(22)17(23)10-15)26-27-28(12)11-18-13(2)30-21(25-18)14-6-4-3-5-7-14/h3-10H,11H2,1-2H3,(H,24,29). The predicted octanol–water partition coefficient (Wildman–Crippen LogP) is 4.13. The molecule has 0 fully saturated rings. The Morgan fingerprint density at radius 1 is 1.10 bits per heavy atom. The number of benzene rings is 2. The van der Waals surface area contributed by atoms with Crippen LogP contribution in [0.4, 0.5) is 14.5 Å². The number of nitrogens with one attached hydrogen (secondary N) is 1. The van der Waals surface area contributed by atoms with E-state index in [1.165, 1.54) is 10.7 Å². The van der Waals surface area contributed by atoms with Crippen LogP contribution >= 0.6 is 0 Å². The first-order valence-corrected chi connectivity index (χ1v) is 9.10. The zero-order valence-electron chi connectivity index (χ0n) is 16.2. The Bertz CT molecular complexity index is 1220. The third-order valence-electron chi connectivity index (χ3n) is 4.59. The van der Waals surface area contributed by atoms with E-state index < -0.39 is 17.5 Å². The minimum absolute atomic E-state index is 0.0733. The quantitative estimate of drug-likeness (QED) is 0.536. The highest BCUT2D eigenvalue weighted by atomic mass is 19.2. The second kappa shape index (κ2) is 7.86. The Morgan fingerprint density at radius 3 is 2.60 bits per heavy atom. The number of nitrogens with zero attached hydrogens (tertiary/aromatic N) is 4. The highest BCUT2D eigenvalue weighted by molar-refractivity contribution is 6.03. The summed E-state index contributed by atoms with van der Waals surface area (Å²) in [5.41, 5.74) is 2.21. The highest BCUT2D eigenvalue weighted by Gasteiger charge is 2.19. The molecule has 30 heavy (non-hydrogen) atoms. The number of hydrogen-bond donors (Lipinski definition) is 1. The number of carbonyl (C=O) groups is 1. The van der Waals surface area contributed by atoms with Gasteiger partial charge >= 0.3 is 0 Å². The average Bonchev–Trinajstić information content (AvgIpc) is 3.29. The molecule has 7 nitrogen and oxygen atoms in total. The van der Waals surface area contributed by atoms with Gasteiger partial charge < -0.3 is 9.73 Å². The third kappa shape index (κ3) is 3.82. The fraction of sp³-hybridized carbons (Fsp3) is 0.143. The van der Waals surface area contributed by atoms with Gasteiger partial charge in [0.2, 0.25) is 5.89 Å². The summed E-state index contributed by atoms with van der Waals surface area (Å²) in [4.78, 5) is 17.0. The van der Waals surface area contributed by atoms with Gasteiger partial charge in [0.1, 0.15) is 11.5 Å². The molecule has 0 bridgehead atoms. The van der Waals surface area contributed by atoms with Gasteiger partial charge in [-0.15, -0.1) is 5.10 Å². The van der Waals surface area contributed by atoms with Gasteiger partial charge in [0.05, 0.1) is 12.2 Å². The molecule has 0 radical (unpaired) electrons. The molecule has 152 valence electrons. The summed E-state index contributed by atoms with van der Waals surface area (Å²) in [6, 6.07) is 12.6. The van der Waals surface area contributed by atoms with Crippen LogP contribution in [0.15, 0.2) is 52.9 Å². The lowest BCUT2D eigenvalue weighted by molar-refractivity contribution is 0.102. The second-order valence-corrected chi connectivity index (χ2v) is 6.65.